The highest BCUT2D eigenvalue weighted by atomic mass is 16.5. The second-order valence-corrected chi connectivity index (χ2v) is 4.42. The van der Waals surface area contributed by atoms with Crippen LogP contribution >= 0.6 is 0 Å². The molecule has 0 fully saturated rings. The number of methoxy groups -OCH3 is 1. The van der Waals surface area contributed by atoms with E-state index in [1.807, 2.05) is 31.2 Å². The molecule has 0 aliphatic heterocycles. The molecule has 1 amide bonds. The van der Waals surface area contributed by atoms with E-state index in [0.717, 1.165) is 11.1 Å². The lowest BCUT2D eigenvalue weighted by atomic mass is 10.1. The number of carbonyl (C=O) groups excluding carboxylic acids is 1. The van der Waals surface area contributed by atoms with E-state index < -0.39 is 0 Å². The molecule has 21 heavy (non-hydrogen) atoms. The highest BCUT2D eigenvalue weighted by molar-refractivity contribution is 5.77. The minimum absolute atomic E-state index is 0.0116. The van der Waals surface area contributed by atoms with Crippen LogP contribution < -0.4 is 5.32 Å². The molecule has 2 N–H and O–H groups in total. The highest BCUT2D eigenvalue weighted by Crippen LogP contribution is 2.13. The van der Waals surface area contributed by atoms with E-state index in [9.17, 15) is 4.79 Å². The van der Waals surface area contributed by atoms with E-state index >= 15 is 0 Å². The predicted molar refractivity (Wildman–Crippen MR) is 79.7 cm³/mol. The average molecular weight is 291 g/mol. The van der Waals surface area contributed by atoms with Crippen molar-refractivity contribution in [2.75, 3.05) is 33.5 Å². The summed E-state index contributed by atoms with van der Waals surface area (Å²) in [5.41, 5.74) is 1.75. The fraction of sp³-hybridized carbons (Fsp3) is 0.438. The average Bonchev–Trinajstić information content (AvgIpc) is 2.50. The van der Waals surface area contributed by atoms with Crippen LogP contribution in [0.5, 0.6) is 0 Å². The van der Waals surface area contributed by atoms with Gasteiger partial charge in [0.25, 0.3) is 0 Å². The number of benzene rings is 1. The third kappa shape index (κ3) is 6.91. The Morgan fingerprint density at radius 2 is 2.24 bits per heavy atom. The molecule has 5 heteroatoms. The standard InChI is InChI=1S/C16H21NO4/c1-13(17-16(19)12-21-10-9-20-2)15-7-3-5-14(11-15)6-4-8-18/h3,5,7,11,13,18H,8-10,12H2,1-2H3,(H,17,19). The van der Waals surface area contributed by atoms with Crippen LogP contribution in [0.25, 0.3) is 0 Å². The van der Waals surface area contributed by atoms with Gasteiger partial charge in [-0.2, -0.15) is 0 Å². The van der Waals surface area contributed by atoms with Crippen molar-refractivity contribution in [2.45, 2.75) is 13.0 Å². The first kappa shape index (κ1) is 17.2. The SMILES string of the molecule is COCCOCC(=O)NC(C)c1cccc(C#CCO)c1. The van der Waals surface area contributed by atoms with Crippen LogP contribution in [-0.4, -0.2) is 44.6 Å². The lowest BCUT2D eigenvalue weighted by Crippen LogP contribution is -2.30. The summed E-state index contributed by atoms with van der Waals surface area (Å²) < 4.78 is 9.99. The molecule has 0 bridgehead atoms. The van der Waals surface area contributed by atoms with E-state index in [1.54, 1.807) is 7.11 Å². The first-order valence-electron chi connectivity index (χ1n) is 6.73. The molecule has 1 aromatic carbocycles. The van der Waals surface area contributed by atoms with E-state index in [0.29, 0.717) is 13.2 Å². The Morgan fingerprint density at radius 1 is 1.43 bits per heavy atom. The Labute approximate surface area is 125 Å². The van der Waals surface area contributed by atoms with Gasteiger partial charge in [0.05, 0.1) is 19.3 Å². The zero-order valence-electron chi connectivity index (χ0n) is 12.4. The summed E-state index contributed by atoms with van der Waals surface area (Å²) >= 11 is 0. The minimum Gasteiger partial charge on any atom is -0.384 e. The van der Waals surface area contributed by atoms with Crippen LogP contribution in [-0.2, 0) is 14.3 Å². The number of hydrogen-bond acceptors (Lipinski definition) is 4. The second-order valence-electron chi connectivity index (χ2n) is 4.42. The molecular weight excluding hydrogens is 270 g/mol. The number of rotatable bonds is 7. The Morgan fingerprint density at radius 3 is 2.95 bits per heavy atom. The summed E-state index contributed by atoms with van der Waals surface area (Å²) in [5.74, 6) is 5.26. The van der Waals surface area contributed by atoms with Gasteiger partial charge in [-0.05, 0) is 24.6 Å². The summed E-state index contributed by atoms with van der Waals surface area (Å²) in [5, 5.41) is 11.5. The number of aliphatic hydroxyl groups excluding tert-OH is 1. The first-order valence-corrected chi connectivity index (χ1v) is 6.73. The van der Waals surface area contributed by atoms with Crippen molar-refractivity contribution in [1.29, 1.82) is 0 Å². The normalized spacial score (nSPS) is 11.4. The molecule has 0 spiro atoms. The maximum Gasteiger partial charge on any atom is 0.246 e. The van der Waals surface area contributed by atoms with Gasteiger partial charge in [0.2, 0.25) is 5.91 Å². The molecule has 1 atom stereocenters. The Hall–Kier alpha value is -1.87. The summed E-state index contributed by atoms with van der Waals surface area (Å²) in [6, 6.07) is 7.39. The number of aliphatic hydroxyl groups is 1. The van der Waals surface area contributed by atoms with Gasteiger partial charge in [-0.15, -0.1) is 0 Å². The molecule has 0 aromatic heterocycles. The van der Waals surface area contributed by atoms with Crippen LogP contribution in [0.15, 0.2) is 24.3 Å². The van der Waals surface area contributed by atoms with Crippen molar-refractivity contribution in [1.82, 2.24) is 5.32 Å². The molecule has 0 saturated carbocycles. The fourth-order valence-corrected chi connectivity index (χ4v) is 1.70. The lowest BCUT2D eigenvalue weighted by Gasteiger charge is -2.14. The topological polar surface area (TPSA) is 67.8 Å². The van der Waals surface area contributed by atoms with Gasteiger partial charge in [-0.3, -0.25) is 4.79 Å². The van der Waals surface area contributed by atoms with Crippen molar-refractivity contribution >= 4 is 5.91 Å². The van der Waals surface area contributed by atoms with E-state index in [1.165, 1.54) is 0 Å². The van der Waals surface area contributed by atoms with Crippen LogP contribution in [0, 0.1) is 11.8 Å². The van der Waals surface area contributed by atoms with Gasteiger partial charge in [-0.1, -0.05) is 24.0 Å². The number of ether oxygens (including phenoxy) is 2. The number of hydrogen-bond donors (Lipinski definition) is 2. The zero-order valence-corrected chi connectivity index (χ0v) is 12.4. The van der Waals surface area contributed by atoms with Gasteiger partial charge < -0.3 is 19.9 Å². The first-order chi connectivity index (χ1) is 10.2. The molecule has 1 aromatic rings. The molecule has 1 unspecified atom stereocenters. The van der Waals surface area contributed by atoms with Crippen molar-refractivity contribution < 1.29 is 19.4 Å². The molecule has 5 nitrogen and oxygen atoms in total. The Balaban J connectivity index is 2.51. The highest BCUT2D eigenvalue weighted by Gasteiger charge is 2.09. The van der Waals surface area contributed by atoms with Crippen LogP contribution in [0.3, 0.4) is 0 Å². The second kappa shape index (κ2) is 9.94. The van der Waals surface area contributed by atoms with Crippen molar-refractivity contribution in [3.63, 3.8) is 0 Å². The molecule has 0 aliphatic carbocycles. The largest absolute Gasteiger partial charge is 0.384 e. The van der Waals surface area contributed by atoms with Crippen molar-refractivity contribution in [3.8, 4) is 11.8 Å². The minimum atomic E-state index is -0.176. The van der Waals surface area contributed by atoms with E-state index in [4.69, 9.17) is 14.6 Å². The molecule has 1 rings (SSSR count). The number of amides is 1. The predicted octanol–water partition coefficient (Wildman–Crippen LogP) is 0.871. The van der Waals surface area contributed by atoms with E-state index in [2.05, 4.69) is 17.2 Å². The molecule has 0 radical (unpaired) electrons. The smallest absolute Gasteiger partial charge is 0.246 e. The quantitative estimate of drug-likeness (QED) is 0.578. The summed E-state index contributed by atoms with van der Waals surface area (Å²) in [6.07, 6.45) is 0. The lowest BCUT2D eigenvalue weighted by molar-refractivity contribution is -0.126. The van der Waals surface area contributed by atoms with Gasteiger partial charge in [-0.25, -0.2) is 0 Å². The summed E-state index contributed by atoms with van der Waals surface area (Å²) in [6.45, 7) is 2.59. The number of nitrogens with one attached hydrogen (secondary N) is 1. The van der Waals surface area contributed by atoms with Crippen LogP contribution in [0.2, 0.25) is 0 Å². The fourth-order valence-electron chi connectivity index (χ4n) is 1.70. The van der Waals surface area contributed by atoms with Gasteiger partial charge in [0.1, 0.15) is 13.2 Å². The van der Waals surface area contributed by atoms with Crippen LogP contribution in [0.1, 0.15) is 24.1 Å². The van der Waals surface area contributed by atoms with Crippen molar-refractivity contribution in [2.24, 2.45) is 0 Å². The van der Waals surface area contributed by atoms with Gasteiger partial charge in [0.15, 0.2) is 0 Å². The monoisotopic (exact) mass is 291 g/mol. The molecule has 0 saturated heterocycles. The third-order valence-electron chi connectivity index (χ3n) is 2.74. The van der Waals surface area contributed by atoms with Gasteiger partial charge >= 0.3 is 0 Å². The molecular formula is C16H21NO4. The maximum atomic E-state index is 11.7. The van der Waals surface area contributed by atoms with Gasteiger partial charge in [0, 0.05) is 12.7 Å². The Kier molecular flexibility index (Phi) is 8.14. The summed E-state index contributed by atoms with van der Waals surface area (Å²) in [7, 11) is 1.58. The maximum absolute atomic E-state index is 11.7. The van der Waals surface area contributed by atoms with E-state index in [-0.39, 0.29) is 25.2 Å². The molecule has 0 aliphatic rings. The number of carbonyl (C=O) groups is 1. The van der Waals surface area contributed by atoms with Crippen LogP contribution in [0.4, 0.5) is 0 Å². The third-order valence-corrected chi connectivity index (χ3v) is 2.74. The summed E-state index contributed by atoms with van der Waals surface area (Å²) in [4.78, 5) is 11.7. The Bertz CT molecular complexity index is 504. The molecule has 0 heterocycles. The van der Waals surface area contributed by atoms with Crippen molar-refractivity contribution in [3.05, 3.63) is 35.4 Å². The molecule has 114 valence electrons. The zero-order chi connectivity index (χ0) is 15.5.